The van der Waals surface area contributed by atoms with E-state index in [9.17, 15) is 18.0 Å². The fourth-order valence-electron chi connectivity index (χ4n) is 1.99. The first-order valence-electron chi connectivity index (χ1n) is 6.83. The molecule has 0 saturated carbocycles. The number of ether oxygens (including phenoxy) is 1. The normalized spacial score (nSPS) is 15.3. The Balaban J connectivity index is 1.89. The molecule has 1 fully saturated rings. The zero-order chi connectivity index (χ0) is 16.9. The van der Waals surface area contributed by atoms with E-state index in [-0.39, 0.29) is 11.4 Å². The largest absolute Gasteiger partial charge is 0.418 e. The van der Waals surface area contributed by atoms with Crippen molar-refractivity contribution in [3.05, 3.63) is 29.8 Å². The van der Waals surface area contributed by atoms with Gasteiger partial charge in [-0.15, -0.1) is 0 Å². The van der Waals surface area contributed by atoms with E-state index in [1.165, 1.54) is 18.2 Å². The third-order valence-electron chi connectivity index (χ3n) is 3.10. The summed E-state index contributed by atoms with van der Waals surface area (Å²) in [6.45, 7) is 2.46. The fraction of sp³-hybridized carbons (Fsp3) is 0.429. The number of halogens is 3. The van der Waals surface area contributed by atoms with Crippen LogP contribution in [0.1, 0.15) is 5.56 Å². The van der Waals surface area contributed by atoms with Gasteiger partial charge in [0.15, 0.2) is 0 Å². The minimum atomic E-state index is -4.51. The van der Waals surface area contributed by atoms with Gasteiger partial charge < -0.3 is 15.0 Å². The molecule has 1 aromatic rings. The average Bonchev–Trinajstić information content (AvgIpc) is 2.53. The topological polar surface area (TPSA) is 41.6 Å². The molecule has 0 radical (unpaired) electrons. The standard InChI is InChI=1S/C14H15F3N2O2S2/c15-14(16,17)10-3-1-2-4-11(10)18-12(20)9-23-13(22)19-5-7-21-8-6-19/h1-4H,5-9H2,(H,18,20). The Hall–Kier alpha value is -1.32. The molecule has 1 amide bonds. The smallest absolute Gasteiger partial charge is 0.378 e. The number of thiocarbonyl (C=S) groups is 1. The van der Waals surface area contributed by atoms with Crippen molar-refractivity contribution in [3.8, 4) is 0 Å². The van der Waals surface area contributed by atoms with E-state index in [0.717, 1.165) is 17.8 Å². The van der Waals surface area contributed by atoms with Crippen LogP contribution in [0, 0.1) is 0 Å². The number of benzene rings is 1. The summed E-state index contributed by atoms with van der Waals surface area (Å²) >= 11 is 6.35. The maximum absolute atomic E-state index is 12.9. The Morgan fingerprint density at radius 3 is 2.61 bits per heavy atom. The molecular weight excluding hydrogens is 349 g/mol. The minimum Gasteiger partial charge on any atom is -0.378 e. The van der Waals surface area contributed by atoms with Gasteiger partial charge in [0.1, 0.15) is 4.32 Å². The first kappa shape index (κ1) is 18.0. The second-order valence-corrected chi connectivity index (χ2v) is 6.35. The summed E-state index contributed by atoms with van der Waals surface area (Å²) in [6, 6.07) is 4.88. The number of para-hydroxylation sites is 1. The van der Waals surface area contributed by atoms with E-state index in [1.54, 1.807) is 0 Å². The Morgan fingerprint density at radius 1 is 1.30 bits per heavy atom. The first-order valence-corrected chi connectivity index (χ1v) is 8.23. The zero-order valence-corrected chi connectivity index (χ0v) is 13.7. The molecule has 1 saturated heterocycles. The van der Waals surface area contributed by atoms with Gasteiger partial charge >= 0.3 is 6.18 Å². The lowest BCUT2D eigenvalue weighted by atomic mass is 10.1. The maximum Gasteiger partial charge on any atom is 0.418 e. The molecule has 1 N–H and O–H groups in total. The summed E-state index contributed by atoms with van der Waals surface area (Å²) in [5, 5.41) is 2.29. The van der Waals surface area contributed by atoms with Gasteiger partial charge in [-0.05, 0) is 12.1 Å². The molecule has 0 aliphatic carbocycles. The van der Waals surface area contributed by atoms with Gasteiger partial charge in [-0.1, -0.05) is 36.1 Å². The number of carbonyl (C=O) groups excluding carboxylic acids is 1. The van der Waals surface area contributed by atoms with Crippen LogP contribution in [0.25, 0.3) is 0 Å². The molecule has 0 unspecified atom stereocenters. The molecule has 0 atom stereocenters. The van der Waals surface area contributed by atoms with Gasteiger partial charge in [-0.3, -0.25) is 4.79 Å². The van der Waals surface area contributed by atoms with Gasteiger partial charge in [0.2, 0.25) is 5.91 Å². The lowest BCUT2D eigenvalue weighted by Crippen LogP contribution is -2.39. The van der Waals surface area contributed by atoms with Gasteiger partial charge in [-0.25, -0.2) is 0 Å². The first-order chi connectivity index (χ1) is 10.9. The molecular formula is C14H15F3N2O2S2. The molecule has 1 heterocycles. The average molecular weight is 364 g/mol. The van der Waals surface area contributed by atoms with E-state index in [0.29, 0.717) is 30.6 Å². The van der Waals surface area contributed by atoms with Crippen LogP contribution in [0.5, 0.6) is 0 Å². The summed E-state index contributed by atoms with van der Waals surface area (Å²) in [6.07, 6.45) is -4.51. The number of morpholine rings is 1. The monoisotopic (exact) mass is 364 g/mol. The maximum atomic E-state index is 12.9. The van der Waals surface area contributed by atoms with Crippen LogP contribution in [0.15, 0.2) is 24.3 Å². The van der Waals surface area contributed by atoms with Crippen molar-refractivity contribution in [2.45, 2.75) is 6.18 Å². The molecule has 2 rings (SSSR count). The number of rotatable bonds is 3. The molecule has 9 heteroatoms. The molecule has 126 valence electrons. The number of carbonyl (C=O) groups is 1. The number of nitrogens with one attached hydrogen (secondary N) is 1. The molecule has 1 aromatic carbocycles. The highest BCUT2D eigenvalue weighted by Gasteiger charge is 2.33. The molecule has 1 aliphatic heterocycles. The van der Waals surface area contributed by atoms with Crippen LogP contribution in [0.4, 0.5) is 18.9 Å². The second-order valence-electron chi connectivity index (χ2n) is 4.75. The molecule has 0 spiro atoms. The van der Waals surface area contributed by atoms with Gasteiger partial charge in [0, 0.05) is 13.1 Å². The summed E-state index contributed by atoms with van der Waals surface area (Å²) in [7, 11) is 0. The highest BCUT2D eigenvalue weighted by molar-refractivity contribution is 8.23. The number of amides is 1. The lowest BCUT2D eigenvalue weighted by Gasteiger charge is -2.28. The minimum absolute atomic E-state index is 0.0393. The van der Waals surface area contributed by atoms with Crippen LogP contribution < -0.4 is 5.32 Å². The van der Waals surface area contributed by atoms with Gasteiger partial charge in [0.05, 0.1) is 30.2 Å². The van der Waals surface area contributed by atoms with Crippen LogP contribution in [-0.2, 0) is 15.7 Å². The van der Waals surface area contributed by atoms with Crippen molar-refractivity contribution in [3.63, 3.8) is 0 Å². The van der Waals surface area contributed by atoms with Gasteiger partial charge in [-0.2, -0.15) is 13.2 Å². The lowest BCUT2D eigenvalue weighted by molar-refractivity contribution is -0.137. The van der Waals surface area contributed by atoms with Crippen LogP contribution >= 0.6 is 24.0 Å². The third kappa shape index (κ3) is 5.36. The van der Waals surface area contributed by atoms with E-state index in [1.807, 2.05) is 4.90 Å². The van der Waals surface area contributed by atoms with Crippen molar-refractivity contribution in [2.75, 3.05) is 37.4 Å². The third-order valence-corrected chi connectivity index (χ3v) is 4.63. The van der Waals surface area contributed by atoms with Crippen molar-refractivity contribution in [1.82, 2.24) is 4.90 Å². The van der Waals surface area contributed by atoms with E-state index in [4.69, 9.17) is 17.0 Å². The van der Waals surface area contributed by atoms with Crippen molar-refractivity contribution in [1.29, 1.82) is 0 Å². The van der Waals surface area contributed by atoms with Crippen molar-refractivity contribution < 1.29 is 22.7 Å². The Bertz CT molecular complexity index is 575. The molecule has 1 aliphatic rings. The number of anilines is 1. The number of hydrogen-bond donors (Lipinski definition) is 1. The summed E-state index contributed by atoms with van der Waals surface area (Å²) in [4.78, 5) is 13.8. The Labute approximate surface area is 141 Å². The molecule has 23 heavy (non-hydrogen) atoms. The van der Waals surface area contributed by atoms with Gasteiger partial charge in [0.25, 0.3) is 0 Å². The molecule has 0 bridgehead atoms. The summed E-state index contributed by atoms with van der Waals surface area (Å²) < 4.78 is 44.3. The fourth-order valence-corrected chi connectivity index (χ4v) is 3.04. The summed E-state index contributed by atoms with van der Waals surface area (Å²) in [5.74, 6) is -0.565. The van der Waals surface area contributed by atoms with Crippen LogP contribution in [0.2, 0.25) is 0 Å². The quantitative estimate of drug-likeness (QED) is 0.835. The molecule has 4 nitrogen and oxygen atoms in total. The number of nitrogens with zero attached hydrogens (tertiary/aromatic N) is 1. The SMILES string of the molecule is O=C(CSC(=S)N1CCOCC1)Nc1ccccc1C(F)(F)F. The Morgan fingerprint density at radius 2 is 1.96 bits per heavy atom. The van der Waals surface area contributed by atoms with Crippen molar-refractivity contribution in [2.24, 2.45) is 0 Å². The number of thioether (sulfide) groups is 1. The highest BCUT2D eigenvalue weighted by atomic mass is 32.2. The molecule has 0 aromatic heterocycles. The van der Waals surface area contributed by atoms with E-state index in [2.05, 4.69) is 5.32 Å². The Kier molecular flexibility index (Phi) is 6.25. The zero-order valence-electron chi connectivity index (χ0n) is 12.1. The van der Waals surface area contributed by atoms with Crippen molar-refractivity contribution >= 4 is 39.9 Å². The number of alkyl halides is 3. The second kappa shape index (κ2) is 7.98. The van der Waals surface area contributed by atoms with Crippen LogP contribution in [0.3, 0.4) is 0 Å². The predicted molar refractivity (Wildman–Crippen MR) is 87.5 cm³/mol. The summed E-state index contributed by atoms with van der Waals surface area (Å²) in [5.41, 5.74) is -1.11. The van der Waals surface area contributed by atoms with Crippen LogP contribution in [-0.4, -0.2) is 47.2 Å². The highest BCUT2D eigenvalue weighted by Crippen LogP contribution is 2.34. The number of hydrogen-bond acceptors (Lipinski definition) is 4. The van der Waals surface area contributed by atoms with E-state index < -0.39 is 17.6 Å². The predicted octanol–water partition coefficient (Wildman–Crippen LogP) is 2.99. The van der Waals surface area contributed by atoms with E-state index >= 15 is 0 Å².